The molecule has 20 nitrogen and oxygen atoms in total. The monoisotopic (exact) mass is 846 g/mol. The van der Waals surface area contributed by atoms with Crippen molar-refractivity contribution in [3.05, 3.63) is 95.1 Å². The Labute approximate surface area is 343 Å². The third kappa shape index (κ3) is 18.4. The maximum Gasteiger partial charge on any atom is 0.339 e. The third-order valence-electron chi connectivity index (χ3n) is 7.28. The van der Waals surface area contributed by atoms with Gasteiger partial charge in [-0.15, -0.1) is 0 Å². The molecule has 0 saturated carbocycles. The predicted molar refractivity (Wildman–Crippen MR) is 201 cm³/mol. The largest absolute Gasteiger partial charge is 0.463 e. The Morgan fingerprint density at radius 3 is 0.867 bits per heavy atom. The maximum atomic E-state index is 12.6. The molecule has 60 heavy (non-hydrogen) atoms. The summed E-state index contributed by atoms with van der Waals surface area (Å²) in [6.45, 7) is 4.93. The SMILES string of the molecule is C=C(C)C(=O)OCC(O)COC(=O)c1ccccc1C(=O)OCC(O)COC(=O)CCC(=O)OCC(O)COC(=O)c1ccccc1C(=O)OCC(O)COC(=O)C(=C)C. The first kappa shape index (κ1) is 49.7. The van der Waals surface area contributed by atoms with Crippen LogP contribution in [0.3, 0.4) is 0 Å². The van der Waals surface area contributed by atoms with Crippen molar-refractivity contribution in [2.75, 3.05) is 52.9 Å². The van der Waals surface area contributed by atoms with E-state index >= 15 is 0 Å². The summed E-state index contributed by atoms with van der Waals surface area (Å²) in [4.78, 5) is 97.5. The molecular weight excluding hydrogens is 800 g/mol. The molecule has 0 spiro atoms. The maximum absolute atomic E-state index is 12.6. The number of carbonyl (C=O) groups is 8. The molecule has 0 aliphatic carbocycles. The highest BCUT2D eigenvalue weighted by molar-refractivity contribution is 6.04. The summed E-state index contributed by atoms with van der Waals surface area (Å²) in [5.74, 6) is -7.45. The summed E-state index contributed by atoms with van der Waals surface area (Å²) in [7, 11) is 0. The van der Waals surface area contributed by atoms with Crippen molar-refractivity contribution >= 4 is 47.8 Å². The Balaban J connectivity index is 1.70. The van der Waals surface area contributed by atoms with E-state index in [0.29, 0.717) is 0 Å². The van der Waals surface area contributed by atoms with Crippen LogP contribution in [-0.4, -0.2) is 145 Å². The molecule has 0 aliphatic heterocycles. The van der Waals surface area contributed by atoms with E-state index in [2.05, 4.69) is 13.2 Å². The van der Waals surface area contributed by atoms with Crippen molar-refractivity contribution in [3.63, 3.8) is 0 Å². The minimum Gasteiger partial charge on any atom is -0.463 e. The standard InChI is InChI=1S/C40H46O20/c1-23(2)35(47)55-17-27(43)21-59-39(51)31-11-7-5-9-29(31)37(49)57-19-25(41)15-53-33(45)13-14-34(46)54-16-26(42)20-58-38(50)30-10-6-8-12-32(30)40(52)60-22-28(44)18-56-36(48)24(3)4/h5-12,25-28,41-44H,1,3,13-22H2,2,4H3. The molecule has 0 fully saturated rings. The Morgan fingerprint density at radius 2 is 0.633 bits per heavy atom. The van der Waals surface area contributed by atoms with Gasteiger partial charge >= 0.3 is 47.8 Å². The van der Waals surface area contributed by atoms with E-state index in [1.165, 1.54) is 62.4 Å². The van der Waals surface area contributed by atoms with Crippen LogP contribution < -0.4 is 0 Å². The number of esters is 8. The summed E-state index contributed by atoms with van der Waals surface area (Å²) >= 11 is 0. The van der Waals surface area contributed by atoms with E-state index in [-0.39, 0.29) is 33.4 Å². The fourth-order valence-corrected chi connectivity index (χ4v) is 4.19. The second kappa shape index (κ2) is 25.8. The van der Waals surface area contributed by atoms with Crippen LogP contribution in [0.25, 0.3) is 0 Å². The highest BCUT2D eigenvalue weighted by atomic mass is 16.6. The molecule has 0 bridgehead atoms. The van der Waals surface area contributed by atoms with E-state index in [1.54, 1.807) is 0 Å². The van der Waals surface area contributed by atoms with Crippen LogP contribution in [0.4, 0.5) is 0 Å². The lowest BCUT2D eigenvalue weighted by molar-refractivity contribution is -0.154. The van der Waals surface area contributed by atoms with Gasteiger partial charge in [0, 0.05) is 11.1 Å². The van der Waals surface area contributed by atoms with Crippen LogP contribution in [-0.2, 0) is 57.1 Å². The van der Waals surface area contributed by atoms with Crippen LogP contribution >= 0.6 is 0 Å². The molecule has 2 rings (SSSR count). The minimum absolute atomic E-state index is 0.106. The van der Waals surface area contributed by atoms with E-state index in [4.69, 9.17) is 37.9 Å². The fourth-order valence-electron chi connectivity index (χ4n) is 4.19. The molecule has 0 amide bonds. The summed E-state index contributed by atoms with van der Waals surface area (Å²) in [5, 5.41) is 40.1. The van der Waals surface area contributed by atoms with Gasteiger partial charge in [0.05, 0.1) is 35.1 Å². The molecule has 0 saturated heterocycles. The Kier molecular flexibility index (Phi) is 21.3. The quantitative estimate of drug-likeness (QED) is 0.0603. The highest BCUT2D eigenvalue weighted by Crippen LogP contribution is 2.15. The first-order valence-electron chi connectivity index (χ1n) is 17.9. The van der Waals surface area contributed by atoms with Gasteiger partial charge in [0.2, 0.25) is 0 Å². The first-order valence-corrected chi connectivity index (χ1v) is 17.9. The smallest absolute Gasteiger partial charge is 0.339 e. The number of benzene rings is 2. The molecule has 4 atom stereocenters. The van der Waals surface area contributed by atoms with Crippen molar-refractivity contribution in [2.45, 2.75) is 51.1 Å². The van der Waals surface area contributed by atoms with Crippen LogP contribution in [0.5, 0.6) is 0 Å². The second-order valence-corrected chi connectivity index (χ2v) is 12.7. The van der Waals surface area contributed by atoms with Crippen molar-refractivity contribution in [1.82, 2.24) is 0 Å². The third-order valence-corrected chi connectivity index (χ3v) is 7.28. The van der Waals surface area contributed by atoms with E-state index < -0.39 is 138 Å². The van der Waals surface area contributed by atoms with Crippen molar-refractivity contribution in [2.24, 2.45) is 0 Å². The molecule has 4 unspecified atom stereocenters. The number of hydrogen-bond donors (Lipinski definition) is 4. The van der Waals surface area contributed by atoms with Gasteiger partial charge in [-0.1, -0.05) is 37.4 Å². The lowest BCUT2D eigenvalue weighted by atomic mass is 10.1. The van der Waals surface area contributed by atoms with E-state index in [1.807, 2.05) is 0 Å². The van der Waals surface area contributed by atoms with Gasteiger partial charge in [-0.25, -0.2) is 28.8 Å². The molecule has 326 valence electrons. The molecule has 0 aromatic heterocycles. The summed E-state index contributed by atoms with van der Waals surface area (Å²) < 4.78 is 39.3. The average molecular weight is 847 g/mol. The Bertz CT molecular complexity index is 1730. The lowest BCUT2D eigenvalue weighted by Crippen LogP contribution is -2.28. The molecule has 20 heteroatoms. The van der Waals surface area contributed by atoms with Gasteiger partial charge in [-0.2, -0.15) is 0 Å². The molecule has 0 aliphatic rings. The fraction of sp³-hybridized carbons (Fsp3) is 0.400. The van der Waals surface area contributed by atoms with E-state index in [0.717, 1.165) is 0 Å². The van der Waals surface area contributed by atoms with Gasteiger partial charge in [0.25, 0.3) is 0 Å². The number of rotatable bonds is 25. The number of ether oxygens (including phenoxy) is 8. The van der Waals surface area contributed by atoms with E-state index in [9.17, 15) is 58.8 Å². The topological polar surface area (TPSA) is 291 Å². The Morgan fingerprint density at radius 1 is 0.417 bits per heavy atom. The van der Waals surface area contributed by atoms with Crippen molar-refractivity contribution < 1.29 is 96.7 Å². The van der Waals surface area contributed by atoms with Gasteiger partial charge < -0.3 is 58.3 Å². The van der Waals surface area contributed by atoms with Crippen LogP contribution in [0, 0.1) is 0 Å². The average Bonchev–Trinajstić information content (AvgIpc) is 3.23. The number of hydrogen-bond acceptors (Lipinski definition) is 20. The minimum atomic E-state index is -1.51. The predicted octanol–water partition coefficient (Wildman–Crippen LogP) is 0.563. The van der Waals surface area contributed by atoms with Crippen molar-refractivity contribution in [3.8, 4) is 0 Å². The Hall–Kier alpha value is -6.48. The first-order chi connectivity index (χ1) is 28.4. The molecule has 0 heterocycles. The van der Waals surface area contributed by atoms with Crippen LogP contribution in [0.2, 0.25) is 0 Å². The normalized spacial score (nSPS) is 12.6. The molecule has 2 aromatic rings. The van der Waals surface area contributed by atoms with Gasteiger partial charge in [-0.3, -0.25) is 9.59 Å². The summed E-state index contributed by atoms with van der Waals surface area (Å²) in [5.41, 5.74) is -0.723. The lowest BCUT2D eigenvalue weighted by Gasteiger charge is -2.15. The molecule has 0 radical (unpaired) electrons. The zero-order valence-corrected chi connectivity index (χ0v) is 32.7. The second-order valence-electron chi connectivity index (χ2n) is 12.7. The van der Waals surface area contributed by atoms with Gasteiger partial charge in [-0.05, 0) is 38.1 Å². The highest BCUT2D eigenvalue weighted by Gasteiger charge is 2.24. The number of carbonyl (C=O) groups excluding carboxylic acids is 8. The number of aliphatic hydroxyl groups is 4. The molecule has 4 N–H and O–H groups in total. The van der Waals surface area contributed by atoms with Crippen LogP contribution in [0.1, 0.15) is 68.1 Å². The zero-order chi connectivity index (χ0) is 44.8. The van der Waals surface area contributed by atoms with Gasteiger partial charge in [0.15, 0.2) is 0 Å². The number of aliphatic hydroxyl groups excluding tert-OH is 4. The summed E-state index contributed by atoms with van der Waals surface area (Å²) in [6.07, 6.45) is -6.73. The van der Waals surface area contributed by atoms with Gasteiger partial charge in [0.1, 0.15) is 77.3 Å². The molecular formula is C40H46O20. The molecule has 2 aromatic carbocycles. The van der Waals surface area contributed by atoms with Crippen LogP contribution in [0.15, 0.2) is 72.8 Å². The zero-order valence-electron chi connectivity index (χ0n) is 32.7. The summed E-state index contributed by atoms with van der Waals surface area (Å²) in [6, 6.07) is 10.7. The van der Waals surface area contributed by atoms with Crippen molar-refractivity contribution in [1.29, 1.82) is 0 Å².